The van der Waals surface area contributed by atoms with Crippen LogP contribution in [0, 0.1) is 5.41 Å². The SMILES string of the molecule is C=C(C)C(=O)OCCC(C)(C)OCCC(C)(C)C. The highest BCUT2D eigenvalue weighted by molar-refractivity contribution is 5.86. The summed E-state index contributed by atoms with van der Waals surface area (Å²) < 4.78 is 10.9. The van der Waals surface area contributed by atoms with Gasteiger partial charge in [0, 0.05) is 18.6 Å². The molecule has 0 saturated heterocycles. The number of hydrogen-bond donors (Lipinski definition) is 0. The summed E-state index contributed by atoms with van der Waals surface area (Å²) >= 11 is 0. The number of esters is 1. The Bertz CT molecular complexity index is 285. The lowest BCUT2D eigenvalue weighted by molar-refractivity contribution is -0.140. The molecule has 0 aliphatic carbocycles. The Hall–Kier alpha value is -0.830. The van der Waals surface area contributed by atoms with E-state index in [-0.39, 0.29) is 17.0 Å². The zero-order valence-corrected chi connectivity index (χ0v) is 12.8. The second-order valence-corrected chi connectivity index (χ2v) is 6.59. The fourth-order valence-electron chi connectivity index (χ4n) is 1.22. The molecule has 0 aliphatic rings. The number of ether oxygens (including phenoxy) is 2. The van der Waals surface area contributed by atoms with Crippen molar-refractivity contribution in [3.05, 3.63) is 12.2 Å². The van der Waals surface area contributed by atoms with E-state index in [1.165, 1.54) is 0 Å². The van der Waals surface area contributed by atoms with Crippen molar-refractivity contribution in [2.45, 2.75) is 60.0 Å². The second-order valence-electron chi connectivity index (χ2n) is 6.59. The van der Waals surface area contributed by atoms with Gasteiger partial charge in [-0.2, -0.15) is 0 Å². The highest BCUT2D eigenvalue weighted by Crippen LogP contribution is 2.21. The van der Waals surface area contributed by atoms with Crippen molar-refractivity contribution in [1.82, 2.24) is 0 Å². The second kappa shape index (κ2) is 6.93. The van der Waals surface area contributed by atoms with E-state index in [0.29, 0.717) is 18.6 Å². The van der Waals surface area contributed by atoms with Crippen molar-refractivity contribution < 1.29 is 14.3 Å². The Morgan fingerprint density at radius 1 is 1.06 bits per heavy atom. The fourth-order valence-corrected chi connectivity index (χ4v) is 1.22. The predicted octanol–water partition coefficient (Wildman–Crippen LogP) is 3.73. The molecule has 0 amide bonds. The summed E-state index contributed by atoms with van der Waals surface area (Å²) in [5.74, 6) is -0.333. The molecule has 0 aliphatic heterocycles. The number of rotatable bonds is 7. The summed E-state index contributed by atoms with van der Waals surface area (Å²) in [4.78, 5) is 11.2. The molecular formula is C15H28O3. The van der Waals surface area contributed by atoms with E-state index in [4.69, 9.17) is 9.47 Å². The minimum absolute atomic E-state index is 0.263. The van der Waals surface area contributed by atoms with Crippen LogP contribution in [0.1, 0.15) is 54.4 Å². The lowest BCUT2D eigenvalue weighted by Crippen LogP contribution is -2.28. The van der Waals surface area contributed by atoms with Crippen LogP contribution in [-0.2, 0) is 14.3 Å². The van der Waals surface area contributed by atoms with E-state index in [1.54, 1.807) is 6.92 Å². The van der Waals surface area contributed by atoms with Crippen molar-refractivity contribution >= 4 is 5.97 Å². The molecule has 3 nitrogen and oxygen atoms in total. The van der Waals surface area contributed by atoms with Gasteiger partial charge in [0.2, 0.25) is 0 Å². The van der Waals surface area contributed by atoms with Crippen LogP contribution < -0.4 is 0 Å². The molecule has 0 aromatic carbocycles. The zero-order chi connectivity index (χ0) is 14.4. The maximum Gasteiger partial charge on any atom is 0.333 e. The van der Waals surface area contributed by atoms with Crippen molar-refractivity contribution in [2.24, 2.45) is 5.41 Å². The topological polar surface area (TPSA) is 35.5 Å². The van der Waals surface area contributed by atoms with E-state index in [2.05, 4.69) is 27.4 Å². The van der Waals surface area contributed by atoms with Crippen LogP contribution in [0.5, 0.6) is 0 Å². The van der Waals surface area contributed by atoms with E-state index < -0.39 is 0 Å². The fraction of sp³-hybridized carbons (Fsp3) is 0.800. The van der Waals surface area contributed by atoms with Crippen LogP contribution in [0.25, 0.3) is 0 Å². The lowest BCUT2D eigenvalue weighted by Gasteiger charge is -2.27. The van der Waals surface area contributed by atoms with Crippen molar-refractivity contribution in [2.75, 3.05) is 13.2 Å². The summed E-state index contributed by atoms with van der Waals surface area (Å²) in [7, 11) is 0. The maximum absolute atomic E-state index is 11.2. The first-order valence-electron chi connectivity index (χ1n) is 6.50. The minimum atomic E-state index is -0.333. The largest absolute Gasteiger partial charge is 0.462 e. The summed E-state index contributed by atoms with van der Waals surface area (Å²) in [6, 6.07) is 0. The van der Waals surface area contributed by atoms with E-state index in [9.17, 15) is 4.79 Å². The minimum Gasteiger partial charge on any atom is -0.462 e. The van der Waals surface area contributed by atoms with Crippen LogP contribution in [0.15, 0.2) is 12.2 Å². The average molecular weight is 256 g/mol. The van der Waals surface area contributed by atoms with Gasteiger partial charge in [0.25, 0.3) is 0 Å². The van der Waals surface area contributed by atoms with Crippen LogP contribution >= 0.6 is 0 Å². The van der Waals surface area contributed by atoms with Crippen molar-refractivity contribution in [3.63, 3.8) is 0 Å². The van der Waals surface area contributed by atoms with Crippen molar-refractivity contribution in [1.29, 1.82) is 0 Å². The van der Waals surface area contributed by atoms with E-state index >= 15 is 0 Å². The molecule has 0 saturated carbocycles. The lowest BCUT2D eigenvalue weighted by atomic mass is 9.93. The molecule has 0 radical (unpaired) electrons. The third-order valence-electron chi connectivity index (χ3n) is 2.63. The van der Waals surface area contributed by atoms with Gasteiger partial charge in [-0.1, -0.05) is 27.4 Å². The van der Waals surface area contributed by atoms with Gasteiger partial charge >= 0.3 is 5.97 Å². The van der Waals surface area contributed by atoms with Crippen LogP contribution in [0.4, 0.5) is 0 Å². The summed E-state index contributed by atoms with van der Waals surface area (Å²) in [5.41, 5.74) is 0.449. The van der Waals surface area contributed by atoms with Gasteiger partial charge in [-0.25, -0.2) is 4.79 Å². The molecule has 0 heterocycles. The predicted molar refractivity (Wildman–Crippen MR) is 74.5 cm³/mol. The average Bonchev–Trinajstić information content (AvgIpc) is 2.14. The smallest absolute Gasteiger partial charge is 0.333 e. The maximum atomic E-state index is 11.2. The molecule has 0 spiro atoms. The molecule has 0 aromatic rings. The molecule has 106 valence electrons. The van der Waals surface area contributed by atoms with Gasteiger partial charge < -0.3 is 9.47 Å². The first-order valence-corrected chi connectivity index (χ1v) is 6.50. The Morgan fingerprint density at radius 3 is 2.06 bits per heavy atom. The highest BCUT2D eigenvalue weighted by Gasteiger charge is 2.20. The molecule has 3 heteroatoms. The van der Waals surface area contributed by atoms with Crippen LogP contribution in [0.2, 0.25) is 0 Å². The highest BCUT2D eigenvalue weighted by atomic mass is 16.5. The first kappa shape index (κ1) is 17.2. The zero-order valence-electron chi connectivity index (χ0n) is 12.8. The van der Waals surface area contributed by atoms with E-state index in [0.717, 1.165) is 13.0 Å². The van der Waals surface area contributed by atoms with Gasteiger partial charge in [-0.3, -0.25) is 0 Å². The normalized spacial score (nSPS) is 12.3. The third kappa shape index (κ3) is 9.23. The molecule has 0 atom stereocenters. The summed E-state index contributed by atoms with van der Waals surface area (Å²) in [5, 5.41) is 0. The molecule has 0 aromatic heterocycles. The molecule has 18 heavy (non-hydrogen) atoms. The molecule has 0 bridgehead atoms. The van der Waals surface area contributed by atoms with Gasteiger partial charge in [0.05, 0.1) is 12.2 Å². The standard InChI is InChI=1S/C15H28O3/c1-12(2)13(16)17-10-9-15(6,7)18-11-8-14(3,4)5/h1,8-11H2,2-7H3. The Morgan fingerprint density at radius 2 is 1.61 bits per heavy atom. The number of carbonyl (C=O) groups is 1. The number of hydrogen-bond acceptors (Lipinski definition) is 3. The third-order valence-corrected chi connectivity index (χ3v) is 2.63. The van der Waals surface area contributed by atoms with Gasteiger partial charge in [0.15, 0.2) is 0 Å². The Kier molecular flexibility index (Phi) is 6.61. The Labute approximate surface area is 112 Å². The monoisotopic (exact) mass is 256 g/mol. The van der Waals surface area contributed by atoms with Crippen LogP contribution in [-0.4, -0.2) is 24.8 Å². The van der Waals surface area contributed by atoms with Gasteiger partial charge in [0.1, 0.15) is 0 Å². The molecule has 0 fully saturated rings. The summed E-state index contributed by atoms with van der Waals surface area (Å²) in [6.07, 6.45) is 1.71. The van der Waals surface area contributed by atoms with Crippen molar-refractivity contribution in [3.8, 4) is 0 Å². The first-order chi connectivity index (χ1) is 8.03. The molecule has 0 unspecified atom stereocenters. The van der Waals surface area contributed by atoms with Crippen LogP contribution in [0.3, 0.4) is 0 Å². The van der Waals surface area contributed by atoms with E-state index in [1.807, 2.05) is 13.8 Å². The molecule has 0 rings (SSSR count). The molecular weight excluding hydrogens is 228 g/mol. The number of carbonyl (C=O) groups excluding carboxylic acids is 1. The Balaban J connectivity index is 3.87. The van der Waals surface area contributed by atoms with Gasteiger partial charge in [-0.05, 0) is 32.6 Å². The molecule has 0 N–H and O–H groups in total. The summed E-state index contributed by atoms with van der Waals surface area (Å²) in [6.45, 7) is 16.9. The quantitative estimate of drug-likeness (QED) is 0.514. The van der Waals surface area contributed by atoms with Gasteiger partial charge in [-0.15, -0.1) is 0 Å².